The van der Waals surface area contributed by atoms with Gasteiger partial charge in [-0.05, 0) is 29.8 Å². The largest absolute Gasteiger partial charge is 0.497 e. The maximum absolute atomic E-state index is 11.8. The fourth-order valence-electron chi connectivity index (χ4n) is 1.87. The minimum absolute atomic E-state index is 0.0850. The van der Waals surface area contributed by atoms with Gasteiger partial charge in [0.05, 0.1) is 13.7 Å². The van der Waals surface area contributed by atoms with Crippen molar-refractivity contribution in [1.82, 2.24) is 5.32 Å². The molecule has 2 aromatic carbocycles. The van der Waals surface area contributed by atoms with Crippen molar-refractivity contribution >= 4 is 27.5 Å². The number of carbonyl (C=O) groups is 1. The summed E-state index contributed by atoms with van der Waals surface area (Å²) in [6.45, 7) is 0.898. The van der Waals surface area contributed by atoms with E-state index in [0.29, 0.717) is 6.54 Å². The number of halogens is 1. The average Bonchev–Trinajstić information content (AvgIpc) is 2.47. The highest BCUT2D eigenvalue weighted by Gasteiger charge is 2.03. The first-order valence-electron chi connectivity index (χ1n) is 6.56. The molecule has 0 bridgehead atoms. The zero-order valence-corrected chi connectivity index (χ0v) is 13.3. The molecular formula is C16H17BrN2O2. The lowest BCUT2D eigenvalue weighted by Gasteiger charge is -2.08. The molecule has 2 N–H and O–H groups in total. The lowest BCUT2D eigenvalue weighted by molar-refractivity contribution is -0.115. The van der Waals surface area contributed by atoms with Crippen LogP contribution in [0.4, 0.5) is 5.69 Å². The lowest BCUT2D eigenvalue weighted by atomic mass is 10.2. The maximum atomic E-state index is 11.8. The van der Waals surface area contributed by atoms with Gasteiger partial charge in [-0.2, -0.15) is 0 Å². The van der Waals surface area contributed by atoms with Crippen molar-refractivity contribution in [2.45, 2.75) is 6.54 Å². The monoisotopic (exact) mass is 348 g/mol. The Kier molecular flexibility index (Phi) is 5.78. The lowest BCUT2D eigenvalue weighted by Crippen LogP contribution is -2.27. The Hall–Kier alpha value is -1.85. The van der Waals surface area contributed by atoms with Crippen LogP contribution in [0.2, 0.25) is 0 Å². The first-order valence-corrected chi connectivity index (χ1v) is 7.36. The Morgan fingerprint density at radius 2 is 2.00 bits per heavy atom. The van der Waals surface area contributed by atoms with E-state index in [1.54, 1.807) is 13.2 Å². The topological polar surface area (TPSA) is 50.4 Å². The molecule has 0 spiro atoms. The predicted molar refractivity (Wildman–Crippen MR) is 87.5 cm³/mol. The first-order chi connectivity index (χ1) is 10.2. The van der Waals surface area contributed by atoms with Gasteiger partial charge in [0.15, 0.2) is 0 Å². The second-order valence-corrected chi connectivity index (χ2v) is 5.43. The molecule has 0 radical (unpaired) electrons. The van der Waals surface area contributed by atoms with E-state index >= 15 is 0 Å². The summed E-state index contributed by atoms with van der Waals surface area (Å²) in [6.07, 6.45) is 0. The van der Waals surface area contributed by atoms with Gasteiger partial charge in [0.2, 0.25) is 5.91 Å². The number of hydrogen-bond acceptors (Lipinski definition) is 3. The minimum Gasteiger partial charge on any atom is -0.497 e. The van der Waals surface area contributed by atoms with Gasteiger partial charge in [-0.25, -0.2) is 0 Å². The molecule has 0 saturated carbocycles. The number of hydrogen-bond donors (Lipinski definition) is 2. The summed E-state index contributed by atoms with van der Waals surface area (Å²) in [5.41, 5.74) is 1.85. The second-order valence-electron chi connectivity index (χ2n) is 4.51. The molecule has 2 rings (SSSR count). The summed E-state index contributed by atoms with van der Waals surface area (Å²) in [4.78, 5) is 11.8. The van der Waals surface area contributed by atoms with E-state index in [-0.39, 0.29) is 12.5 Å². The second kappa shape index (κ2) is 7.81. The van der Waals surface area contributed by atoms with Crippen LogP contribution in [0.3, 0.4) is 0 Å². The number of carbonyl (C=O) groups excluding carboxylic acids is 1. The normalized spacial score (nSPS) is 10.2. The van der Waals surface area contributed by atoms with Gasteiger partial charge in [-0.15, -0.1) is 0 Å². The van der Waals surface area contributed by atoms with Gasteiger partial charge in [0, 0.05) is 22.8 Å². The molecule has 0 aliphatic heterocycles. The Bertz CT molecular complexity index is 617. The molecule has 2 aromatic rings. The third kappa shape index (κ3) is 5.21. The van der Waals surface area contributed by atoms with Gasteiger partial charge < -0.3 is 15.4 Å². The first kappa shape index (κ1) is 15.5. The molecule has 0 aliphatic carbocycles. The highest BCUT2D eigenvalue weighted by Crippen LogP contribution is 2.16. The van der Waals surface area contributed by atoms with E-state index in [1.165, 1.54) is 0 Å². The fourth-order valence-corrected chi connectivity index (χ4v) is 2.32. The molecule has 0 saturated heterocycles. The van der Waals surface area contributed by atoms with Crippen LogP contribution in [0.15, 0.2) is 53.0 Å². The molecule has 0 atom stereocenters. The summed E-state index contributed by atoms with van der Waals surface area (Å²) in [6, 6.07) is 15.3. The van der Waals surface area contributed by atoms with Crippen LogP contribution in [-0.2, 0) is 11.3 Å². The zero-order chi connectivity index (χ0) is 15.1. The SMILES string of the molecule is COc1cccc(NC(=O)CNCc2cccc(Br)c2)c1. The number of anilines is 1. The Labute approximate surface area is 132 Å². The number of amides is 1. The molecule has 4 nitrogen and oxygen atoms in total. The number of rotatable bonds is 6. The number of benzene rings is 2. The van der Waals surface area contributed by atoms with Crippen LogP contribution in [0, 0.1) is 0 Å². The molecule has 110 valence electrons. The molecule has 0 aliphatic rings. The Morgan fingerprint density at radius 1 is 1.19 bits per heavy atom. The van der Waals surface area contributed by atoms with E-state index < -0.39 is 0 Å². The smallest absolute Gasteiger partial charge is 0.238 e. The quantitative estimate of drug-likeness (QED) is 0.842. The third-order valence-electron chi connectivity index (χ3n) is 2.86. The van der Waals surface area contributed by atoms with E-state index in [4.69, 9.17) is 4.74 Å². The summed E-state index contributed by atoms with van der Waals surface area (Å²) in [5, 5.41) is 5.94. The van der Waals surface area contributed by atoms with Crippen molar-refractivity contribution < 1.29 is 9.53 Å². The molecule has 0 unspecified atom stereocenters. The highest BCUT2D eigenvalue weighted by atomic mass is 79.9. The predicted octanol–water partition coefficient (Wildman–Crippen LogP) is 3.19. The van der Waals surface area contributed by atoms with Gasteiger partial charge in [0.25, 0.3) is 0 Å². The van der Waals surface area contributed by atoms with Gasteiger partial charge in [-0.1, -0.05) is 34.1 Å². The fraction of sp³-hybridized carbons (Fsp3) is 0.188. The summed E-state index contributed by atoms with van der Waals surface area (Å²) in [5.74, 6) is 0.633. The molecule has 5 heteroatoms. The van der Waals surface area contributed by atoms with Crippen molar-refractivity contribution in [3.8, 4) is 5.75 Å². The average molecular weight is 349 g/mol. The Morgan fingerprint density at radius 3 is 2.76 bits per heavy atom. The van der Waals surface area contributed by atoms with Crippen LogP contribution >= 0.6 is 15.9 Å². The van der Waals surface area contributed by atoms with Gasteiger partial charge in [0.1, 0.15) is 5.75 Å². The van der Waals surface area contributed by atoms with Crippen molar-refractivity contribution in [2.24, 2.45) is 0 Å². The van der Waals surface area contributed by atoms with Crippen LogP contribution < -0.4 is 15.4 Å². The Balaban J connectivity index is 1.79. The van der Waals surface area contributed by atoms with E-state index in [0.717, 1.165) is 21.5 Å². The molecular weight excluding hydrogens is 332 g/mol. The molecule has 0 fully saturated rings. The minimum atomic E-state index is -0.0850. The van der Waals surface area contributed by atoms with E-state index in [2.05, 4.69) is 26.6 Å². The number of methoxy groups -OCH3 is 1. The summed E-state index contributed by atoms with van der Waals surface area (Å²) >= 11 is 3.42. The van der Waals surface area contributed by atoms with Crippen molar-refractivity contribution in [3.05, 3.63) is 58.6 Å². The molecule has 21 heavy (non-hydrogen) atoms. The highest BCUT2D eigenvalue weighted by molar-refractivity contribution is 9.10. The molecule has 0 heterocycles. The van der Waals surface area contributed by atoms with Crippen LogP contribution in [0.1, 0.15) is 5.56 Å². The maximum Gasteiger partial charge on any atom is 0.238 e. The zero-order valence-electron chi connectivity index (χ0n) is 11.7. The van der Waals surface area contributed by atoms with Crippen molar-refractivity contribution in [1.29, 1.82) is 0 Å². The standard InChI is InChI=1S/C16H17BrN2O2/c1-21-15-7-3-6-14(9-15)19-16(20)11-18-10-12-4-2-5-13(17)8-12/h2-9,18H,10-11H2,1H3,(H,19,20). The third-order valence-corrected chi connectivity index (χ3v) is 3.35. The summed E-state index contributed by atoms with van der Waals surface area (Å²) in [7, 11) is 1.60. The van der Waals surface area contributed by atoms with Crippen molar-refractivity contribution in [2.75, 3.05) is 19.0 Å². The molecule has 1 amide bonds. The van der Waals surface area contributed by atoms with E-state index in [9.17, 15) is 4.79 Å². The van der Waals surface area contributed by atoms with Crippen molar-refractivity contribution in [3.63, 3.8) is 0 Å². The van der Waals surface area contributed by atoms with Gasteiger partial charge in [-0.3, -0.25) is 4.79 Å². The van der Waals surface area contributed by atoms with E-state index in [1.807, 2.05) is 42.5 Å². The van der Waals surface area contributed by atoms with Crippen LogP contribution in [-0.4, -0.2) is 19.6 Å². The van der Waals surface area contributed by atoms with Gasteiger partial charge >= 0.3 is 0 Å². The number of ether oxygens (including phenoxy) is 1. The molecule has 0 aromatic heterocycles. The van der Waals surface area contributed by atoms with Crippen LogP contribution in [0.5, 0.6) is 5.75 Å². The van der Waals surface area contributed by atoms with Crippen LogP contribution in [0.25, 0.3) is 0 Å². The number of nitrogens with one attached hydrogen (secondary N) is 2. The summed E-state index contributed by atoms with van der Waals surface area (Å²) < 4.78 is 6.15.